The Morgan fingerprint density at radius 3 is 2.38 bits per heavy atom. The Bertz CT molecular complexity index is 856. The second-order valence-corrected chi connectivity index (χ2v) is 8.89. The molecule has 2 aromatic rings. The van der Waals surface area contributed by atoms with Crippen molar-refractivity contribution in [2.75, 3.05) is 33.3 Å². The van der Waals surface area contributed by atoms with Crippen molar-refractivity contribution in [3.63, 3.8) is 0 Å². The fourth-order valence-electron chi connectivity index (χ4n) is 4.82. The molecule has 0 saturated carbocycles. The van der Waals surface area contributed by atoms with Gasteiger partial charge in [-0.05, 0) is 74.5 Å². The van der Waals surface area contributed by atoms with Crippen LogP contribution in [0.4, 0.5) is 4.39 Å². The van der Waals surface area contributed by atoms with E-state index in [2.05, 4.69) is 30.1 Å². The first-order valence-electron chi connectivity index (χ1n) is 11.9. The van der Waals surface area contributed by atoms with Gasteiger partial charge in [-0.1, -0.05) is 44.2 Å². The highest BCUT2D eigenvalue weighted by molar-refractivity contribution is 5.78. The van der Waals surface area contributed by atoms with Gasteiger partial charge in [-0.2, -0.15) is 0 Å². The van der Waals surface area contributed by atoms with Crippen molar-refractivity contribution >= 4 is 5.91 Å². The van der Waals surface area contributed by atoms with Crippen LogP contribution in [0.1, 0.15) is 50.7 Å². The third-order valence-electron chi connectivity index (χ3n) is 7.26. The maximum atomic E-state index is 13.4. The van der Waals surface area contributed by atoms with Gasteiger partial charge in [-0.25, -0.2) is 4.39 Å². The molecule has 5 heteroatoms. The number of nitrogens with one attached hydrogen (secondary N) is 1. The summed E-state index contributed by atoms with van der Waals surface area (Å²) in [6, 6.07) is 14.9. The topological polar surface area (TPSA) is 41.6 Å². The molecule has 1 saturated heterocycles. The molecule has 0 aliphatic carbocycles. The van der Waals surface area contributed by atoms with Crippen molar-refractivity contribution in [3.05, 3.63) is 65.5 Å². The van der Waals surface area contributed by atoms with Crippen LogP contribution in [0.2, 0.25) is 0 Å². The molecule has 1 N–H and O–H groups in total. The largest absolute Gasteiger partial charge is 0.496 e. The van der Waals surface area contributed by atoms with Crippen molar-refractivity contribution < 1.29 is 13.9 Å². The second-order valence-electron chi connectivity index (χ2n) is 8.89. The van der Waals surface area contributed by atoms with Crippen LogP contribution in [0, 0.1) is 11.7 Å². The van der Waals surface area contributed by atoms with Crippen LogP contribution in [-0.4, -0.2) is 44.1 Å². The van der Waals surface area contributed by atoms with Gasteiger partial charge in [0.05, 0.1) is 7.11 Å². The minimum absolute atomic E-state index is 0.0668. The van der Waals surface area contributed by atoms with Crippen molar-refractivity contribution in [1.82, 2.24) is 10.2 Å². The van der Waals surface area contributed by atoms with Crippen molar-refractivity contribution in [3.8, 4) is 5.75 Å². The maximum Gasteiger partial charge on any atom is 0.223 e. The highest BCUT2D eigenvalue weighted by atomic mass is 19.1. The van der Waals surface area contributed by atoms with Crippen LogP contribution >= 0.6 is 0 Å². The molecule has 1 fully saturated rings. The number of methoxy groups -OCH3 is 1. The van der Waals surface area contributed by atoms with Crippen LogP contribution in [-0.2, 0) is 16.6 Å². The van der Waals surface area contributed by atoms with Crippen molar-refractivity contribution in [1.29, 1.82) is 0 Å². The normalized spacial score (nSPS) is 15.5. The average molecular weight is 441 g/mol. The molecule has 0 unspecified atom stereocenters. The van der Waals surface area contributed by atoms with Gasteiger partial charge >= 0.3 is 0 Å². The van der Waals surface area contributed by atoms with E-state index in [-0.39, 0.29) is 23.1 Å². The molecular formula is C27H37FN2O2. The van der Waals surface area contributed by atoms with Gasteiger partial charge in [0.25, 0.3) is 0 Å². The Balaban J connectivity index is 1.49. The molecule has 4 nitrogen and oxygen atoms in total. The molecule has 1 heterocycles. The van der Waals surface area contributed by atoms with Crippen LogP contribution in [0.3, 0.4) is 0 Å². The lowest BCUT2D eigenvalue weighted by atomic mass is 9.75. The summed E-state index contributed by atoms with van der Waals surface area (Å²) in [7, 11) is 1.71. The molecule has 0 atom stereocenters. The summed E-state index contributed by atoms with van der Waals surface area (Å²) in [5.74, 6) is 0.939. The number of ether oxygens (including phenoxy) is 1. The zero-order valence-corrected chi connectivity index (χ0v) is 19.7. The SMILES string of the molecule is CCC(CC)(CNC(=O)C1CCN(CCc2ccccc2OC)CC1)c1ccc(F)cc1. The number of halogens is 1. The predicted octanol–water partition coefficient (Wildman–Crippen LogP) is 4.96. The van der Waals surface area contributed by atoms with E-state index in [9.17, 15) is 9.18 Å². The fraction of sp³-hybridized carbons (Fsp3) is 0.519. The first-order chi connectivity index (χ1) is 15.5. The van der Waals surface area contributed by atoms with E-state index < -0.39 is 0 Å². The molecule has 1 amide bonds. The predicted molar refractivity (Wildman–Crippen MR) is 128 cm³/mol. The van der Waals surface area contributed by atoms with E-state index >= 15 is 0 Å². The van der Waals surface area contributed by atoms with Crippen LogP contribution in [0.15, 0.2) is 48.5 Å². The summed E-state index contributed by atoms with van der Waals surface area (Å²) in [5.41, 5.74) is 2.17. The first kappa shape index (κ1) is 24.2. The smallest absolute Gasteiger partial charge is 0.223 e. The molecule has 174 valence electrons. The van der Waals surface area contributed by atoms with E-state index in [0.29, 0.717) is 6.54 Å². The number of rotatable bonds is 10. The number of likely N-dealkylation sites (tertiary alicyclic amines) is 1. The Morgan fingerprint density at radius 1 is 1.09 bits per heavy atom. The number of hydrogen-bond acceptors (Lipinski definition) is 3. The Kier molecular flexibility index (Phi) is 8.68. The van der Waals surface area contributed by atoms with Gasteiger partial charge in [0.15, 0.2) is 0 Å². The van der Waals surface area contributed by atoms with Gasteiger partial charge in [-0.3, -0.25) is 4.79 Å². The number of para-hydroxylation sites is 1. The lowest BCUT2D eigenvalue weighted by Gasteiger charge is -2.35. The van der Waals surface area contributed by atoms with Gasteiger partial charge in [0, 0.05) is 24.4 Å². The minimum Gasteiger partial charge on any atom is -0.496 e. The summed E-state index contributed by atoms with van der Waals surface area (Å²) in [5, 5.41) is 3.23. The van der Waals surface area contributed by atoms with Crippen LogP contribution in [0.5, 0.6) is 5.75 Å². The lowest BCUT2D eigenvalue weighted by Crippen LogP contribution is -2.45. The number of carbonyl (C=O) groups is 1. The molecule has 2 aromatic carbocycles. The summed E-state index contributed by atoms with van der Waals surface area (Å²) in [6.45, 7) is 7.74. The first-order valence-corrected chi connectivity index (χ1v) is 11.9. The number of hydrogen-bond donors (Lipinski definition) is 1. The van der Waals surface area contributed by atoms with Crippen LogP contribution in [0.25, 0.3) is 0 Å². The lowest BCUT2D eigenvalue weighted by molar-refractivity contribution is -0.126. The number of benzene rings is 2. The third kappa shape index (κ3) is 5.89. The Hall–Kier alpha value is -2.40. The van der Waals surface area contributed by atoms with Crippen molar-refractivity contribution in [2.45, 2.75) is 51.4 Å². The molecule has 0 aromatic heterocycles. The van der Waals surface area contributed by atoms with Gasteiger partial charge in [0.2, 0.25) is 5.91 Å². The zero-order chi connectivity index (χ0) is 23.0. The molecule has 3 rings (SSSR count). The van der Waals surface area contributed by atoms with Gasteiger partial charge in [0.1, 0.15) is 11.6 Å². The number of nitrogens with zero attached hydrogens (tertiary/aromatic N) is 1. The highest BCUT2D eigenvalue weighted by Gasteiger charge is 2.31. The zero-order valence-electron chi connectivity index (χ0n) is 19.7. The van der Waals surface area contributed by atoms with Crippen LogP contribution < -0.4 is 10.1 Å². The highest BCUT2D eigenvalue weighted by Crippen LogP contribution is 2.31. The molecule has 0 radical (unpaired) electrons. The van der Waals surface area contributed by atoms with E-state index in [0.717, 1.165) is 63.1 Å². The van der Waals surface area contributed by atoms with Gasteiger partial charge < -0.3 is 15.0 Å². The number of carbonyl (C=O) groups excluding carboxylic acids is 1. The minimum atomic E-state index is -0.226. The molecule has 0 spiro atoms. The molecule has 0 bridgehead atoms. The third-order valence-corrected chi connectivity index (χ3v) is 7.26. The van der Waals surface area contributed by atoms with E-state index in [1.54, 1.807) is 7.11 Å². The fourth-order valence-corrected chi connectivity index (χ4v) is 4.82. The molecular weight excluding hydrogens is 403 g/mol. The summed E-state index contributed by atoms with van der Waals surface area (Å²) in [6.07, 6.45) is 4.53. The van der Waals surface area contributed by atoms with E-state index in [1.165, 1.54) is 17.7 Å². The maximum absolute atomic E-state index is 13.4. The number of piperidine rings is 1. The molecule has 1 aliphatic rings. The monoisotopic (exact) mass is 440 g/mol. The second kappa shape index (κ2) is 11.5. The number of amides is 1. The van der Waals surface area contributed by atoms with Gasteiger partial charge in [-0.15, -0.1) is 0 Å². The Labute approximate surface area is 192 Å². The average Bonchev–Trinajstić information content (AvgIpc) is 2.85. The quantitative estimate of drug-likeness (QED) is 0.568. The summed E-state index contributed by atoms with van der Waals surface area (Å²) < 4.78 is 18.8. The standard InChI is InChI=1S/C27H37FN2O2/c1-4-27(5-2,23-10-12-24(28)13-11-23)20-29-26(31)22-15-18-30(19-16-22)17-14-21-8-6-7-9-25(21)32-3/h6-13,22H,4-5,14-20H2,1-3H3,(H,29,31). The molecule has 1 aliphatic heterocycles. The van der Waals surface area contributed by atoms with E-state index in [1.807, 2.05) is 30.3 Å². The molecule has 32 heavy (non-hydrogen) atoms. The summed E-state index contributed by atoms with van der Waals surface area (Å²) >= 11 is 0. The van der Waals surface area contributed by atoms with E-state index in [4.69, 9.17) is 4.74 Å². The Morgan fingerprint density at radius 2 is 1.75 bits per heavy atom. The van der Waals surface area contributed by atoms with Crippen molar-refractivity contribution in [2.24, 2.45) is 5.92 Å². The summed E-state index contributed by atoms with van der Waals surface area (Å²) in [4.78, 5) is 15.4.